The van der Waals surface area contributed by atoms with Crippen LogP contribution in [0.25, 0.3) is 11.0 Å². The van der Waals surface area contributed by atoms with Crippen LogP contribution in [0.1, 0.15) is 24.7 Å². The third-order valence-corrected chi connectivity index (χ3v) is 2.52. The standard InChI is InChI=1S/C13H18N2O/c1-3-7-16-8-6-13-14-11-5-4-10(2)9-12(11)15-13/h4-5,9H,3,6-8H2,1-2H3,(H,14,15). The van der Waals surface area contributed by atoms with E-state index in [-0.39, 0.29) is 0 Å². The highest BCUT2D eigenvalue weighted by Gasteiger charge is 2.02. The van der Waals surface area contributed by atoms with Crippen LogP contribution >= 0.6 is 0 Å². The summed E-state index contributed by atoms with van der Waals surface area (Å²) in [6.07, 6.45) is 1.92. The Morgan fingerprint density at radius 1 is 1.31 bits per heavy atom. The molecule has 2 rings (SSSR count). The Morgan fingerprint density at radius 3 is 3.00 bits per heavy atom. The van der Waals surface area contributed by atoms with Crippen molar-refractivity contribution in [3.05, 3.63) is 29.6 Å². The third kappa shape index (κ3) is 2.61. The zero-order chi connectivity index (χ0) is 11.4. The van der Waals surface area contributed by atoms with Gasteiger partial charge in [0.2, 0.25) is 0 Å². The minimum Gasteiger partial charge on any atom is -0.381 e. The fourth-order valence-electron chi connectivity index (χ4n) is 1.71. The van der Waals surface area contributed by atoms with Gasteiger partial charge in [-0.15, -0.1) is 0 Å². The summed E-state index contributed by atoms with van der Waals surface area (Å²) in [5.41, 5.74) is 3.41. The van der Waals surface area contributed by atoms with Crippen LogP contribution < -0.4 is 0 Å². The first-order chi connectivity index (χ1) is 7.79. The van der Waals surface area contributed by atoms with Crippen LogP contribution in [0.15, 0.2) is 18.2 Å². The number of nitrogens with zero attached hydrogens (tertiary/aromatic N) is 1. The largest absolute Gasteiger partial charge is 0.381 e. The van der Waals surface area contributed by atoms with Crippen molar-refractivity contribution in [3.8, 4) is 0 Å². The molecule has 0 saturated carbocycles. The molecule has 3 nitrogen and oxygen atoms in total. The first kappa shape index (κ1) is 11.1. The van der Waals surface area contributed by atoms with Gasteiger partial charge in [0.25, 0.3) is 0 Å². The fourth-order valence-corrected chi connectivity index (χ4v) is 1.71. The number of aromatic amines is 1. The highest BCUT2D eigenvalue weighted by molar-refractivity contribution is 5.75. The number of aryl methyl sites for hydroxylation is 1. The average molecular weight is 218 g/mol. The Bertz CT molecular complexity index is 462. The van der Waals surface area contributed by atoms with Gasteiger partial charge in [-0.3, -0.25) is 0 Å². The predicted molar refractivity (Wildman–Crippen MR) is 65.6 cm³/mol. The number of imidazole rings is 1. The molecule has 0 fully saturated rings. The first-order valence-electron chi connectivity index (χ1n) is 5.82. The second-order valence-electron chi connectivity index (χ2n) is 4.07. The summed E-state index contributed by atoms with van der Waals surface area (Å²) in [7, 11) is 0. The fraction of sp³-hybridized carbons (Fsp3) is 0.462. The summed E-state index contributed by atoms with van der Waals surface area (Å²) >= 11 is 0. The number of ether oxygens (including phenoxy) is 1. The monoisotopic (exact) mass is 218 g/mol. The van der Waals surface area contributed by atoms with E-state index < -0.39 is 0 Å². The molecule has 2 aromatic rings. The molecule has 1 heterocycles. The van der Waals surface area contributed by atoms with E-state index in [0.717, 1.165) is 42.9 Å². The van der Waals surface area contributed by atoms with Gasteiger partial charge >= 0.3 is 0 Å². The SMILES string of the molecule is CCCOCCc1nc2ccc(C)cc2[nH]1. The maximum atomic E-state index is 5.45. The molecule has 0 bridgehead atoms. The molecule has 3 heteroatoms. The van der Waals surface area contributed by atoms with E-state index in [9.17, 15) is 0 Å². The lowest BCUT2D eigenvalue weighted by atomic mass is 10.2. The highest BCUT2D eigenvalue weighted by atomic mass is 16.5. The lowest BCUT2D eigenvalue weighted by Crippen LogP contribution is -2.00. The van der Waals surface area contributed by atoms with E-state index in [1.165, 1.54) is 5.56 Å². The van der Waals surface area contributed by atoms with E-state index >= 15 is 0 Å². The Labute approximate surface area is 95.8 Å². The zero-order valence-electron chi connectivity index (χ0n) is 9.92. The molecule has 0 unspecified atom stereocenters. The van der Waals surface area contributed by atoms with Crippen molar-refractivity contribution in [3.63, 3.8) is 0 Å². The third-order valence-electron chi connectivity index (χ3n) is 2.52. The highest BCUT2D eigenvalue weighted by Crippen LogP contribution is 2.13. The number of benzene rings is 1. The molecular weight excluding hydrogens is 200 g/mol. The van der Waals surface area contributed by atoms with Crippen LogP contribution in [-0.2, 0) is 11.2 Å². The second-order valence-corrected chi connectivity index (χ2v) is 4.07. The van der Waals surface area contributed by atoms with E-state index in [0.29, 0.717) is 0 Å². The summed E-state index contributed by atoms with van der Waals surface area (Å²) in [5, 5.41) is 0. The summed E-state index contributed by atoms with van der Waals surface area (Å²) in [4.78, 5) is 7.84. The summed E-state index contributed by atoms with van der Waals surface area (Å²) in [6.45, 7) is 5.78. The number of aromatic nitrogens is 2. The first-order valence-corrected chi connectivity index (χ1v) is 5.82. The molecule has 0 saturated heterocycles. The summed E-state index contributed by atoms with van der Waals surface area (Å²) in [6, 6.07) is 6.26. The van der Waals surface area contributed by atoms with Crippen LogP contribution in [0, 0.1) is 6.92 Å². The van der Waals surface area contributed by atoms with Crippen molar-refractivity contribution >= 4 is 11.0 Å². The average Bonchev–Trinajstić information content (AvgIpc) is 2.66. The number of hydrogen-bond donors (Lipinski definition) is 1. The normalized spacial score (nSPS) is 11.1. The van der Waals surface area contributed by atoms with Gasteiger partial charge in [0, 0.05) is 13.0 Å². The van der Waals surface area contributed by atoms with Crippen LogP contribution in [0.4, 0.5) is 0 Å². The van der Waals surface area contributed by atoms with Crippen LogP contribution in [0.3, 0.4) is 0 Å². The Hall–Kier alpha value is -1.35. The van der Waals surface area contributed by atoms with Crippen LogP contribution in [0.2, 0.25) is 0 Å². The molecular formula is C13H18N2O. The number of hydrogen-bond acceptors (Lipinski definition) is 2. The summed E-state index contributed by atoms with van der Waals surface area (Å²) in [5.74, 6) is 1.01. The smallest absolute Gasteiger partial charge is 0.109 e. The lowest BCUT2D eigenvalue weighted by Gasteiger charge is -1.98. The lowest BCUT2D eigenvalue weighted by molar-refractivity contribution is 0.137. The van der Waals surface area contributed by atoms with E-state index in [4.69, 9.17) is 4.74 Å². The quantitative estimate of drug-likeness (QED) is 0.784. The molecule has 0 aliphatic carbocycles. The van der Waals surface area contributed by atoms with E-state index in [1.54, 1.807) is 0 Å². The molecule has 1 aromatic carbocycles. The molecule has 0 aliphatic heterocycles. The van der Waals surface area contributed by atoms with Crippen molar-refractivity contribution in [2.75, 3.05) is 13.2 Å². The van der Waals surface area contributed by atoms with Crippen molar-refractivity contribution in [1.82, 2.24) is 9.97 Å². The van der Waals surface area contributed by atoms with Crippen LogP contribution in [0.5, 0.6) is 0 Å². The van der Waals surface area contributed by atoms with E-state index in [2.05, 4.69) is 42.0 Å². The molecule has 86 valence electrons. The maximum Gasteiger partial charge on any atom is 0.109 e. The maximum absolute atomic E-state index is 5.45. The number of rotatable bonds is 5. The minimum atomic E-state index is 0.743. The zero-order valence-corrected chi connectivity index (χ0v) is 9.92. The molecule has 1 N–H and O–H groups in total. The molecule has 16 heavy (non-hydrogen) atoms. The Morgan fingerprint density at radius 2 is 2.19 bits per heavy atom. The van der Waals surface area contributed by atoms with Gasteiger partial charge in [-0.1, -0.05) is 13.0 Å². The minimum absolute atomic E-state index is 0.743. The van der Waals surface area contributed by atoms with Crippen molar-refractivity contribution in [2.45, 2.75) is 26.7 Å². The number of H-pyrrole nitrogens is 1. The molecule has 0 amide bonds. The molecule has 0 spiro atoms. The van der Waals surface area contributed by atoms with Gasteiger partial charge in [0.1, 0.15) is 5.82 Å². The second kappa shape index (κ2) is 5.12. The van der Waals surface area contributed by atoms with Crippen molar-refractivity contribution in [2.24, 2.45) is 0 Å². The Balaban J connectivity index is 2.02. The van der Waals surface area contributed by atoms with Gasteiger partial charge < -0.3 is 9.72 Å². The van der Waals surface area contributed by atoms with E-state index in [1.807, 2.05) is 0 Å². The molecule has 0 atom stereocenters. The van der Waals surface area contributed by atoms with Gasteiger partial charge in [0.15, 0.2) is 0 Å². The number of fused-ring (bicyclic) bond motifs is 1. The molecule has 1 aromatic heterocycles. The Kier molecular flexibility index (Phi) is 3.57. The van der Waals surface area contributed by atoms with Gasteiger partial charge in [-0.2, -0.15) is 0 Å². The van der Waals surface area contributed by atoms with Gasteiger partial charge in [-0.05, 0) is 31.0 Å². The van der Waals surface area contributed by atoms with Crippen molar-refractivity contribution in [1.29, 1.82) is 0 Å². The van der Waals surface area contributed by atoms with Crippen LogP contribution in [-0.4, -0.2) is 23.2 Å². The predicted octanol–water partition coefficient (Wildman–Crippen LogP) is 2.84. The molecule has 0 aliphatic rings. The van der Waals surface area contributed by atoms with Gasteiger partial charge in [0.05, 0.1) is 17.6 Å². The van der Waals surface area contributed by atoms with Gasteiger partial charge in [-0.25, -0.2) is 4.98 Å². The molecule has 0 radical (unpaired) electrons. The number of nitrogens with one attached hydrogen (secondary N) is 1. The van der Waals surface area contributed by atoms with Crippen molar-refractivity contribution < 1.29 is 4.74 Å². The summed E-state index contributed by atoms with van der Waals surface area (Å²) < 4.78 is 5.45. The topological polar surface area (TPSA) is 37.9 Å².